The van der Waals surface area contributed by atoms with Gasteiger partial charge in [-0.05, 0) is 38.5 Å². The maximum atomic E-state index is 5.87. The Morgan fingerprint density at radius 1 is 1.38 bits per heavy atom. The van der Waals surface area contributed by atoms with Crippen molar-refractivity contribution >= 4 is 5.96 Å². The summed E-state index contributed by atoms with van der Waals surface area (Å²) < 4.78 is 11.6. The largest absolute Gasteiger partial charge is 0.378 e. The van der Waals surface area contributed by atoms with Gasteiger partial charge in [0.2, 0.25) is 0 Å². The highest BCUT2D eigenvalue weighted by Gasteiger charge is 2.41. The van der Waals surface area contributed by atoms with Crippen LogP contribution in [-0.2, 0) is 9.47 Å². The lowest BCUT2D eigenvalue weighted by atomic mass is 9.96. The van der Waals surface area contributed by atoms with Crippen LogP contribution in [0, 0.1) is 5.92 Å². The van der Waals surface area contributed by atoms with Crippen molar-refractivity contribution in [2.75, 3.05) is 20.2 Å². The molecule has 0 aliphatic carbocycles. The molecule has 0 radical (unpaired) electrons. The quantitative estimate of drug-likeness (QED) is 0.557. The summed E-state index contributed by atoms with van der Waals surface area (Å²) in [6.07, 6.45) is 5.66. The molecule has 4 atom stereocenters. The minimum atomic E-state index is 0.312. The zero-order valence-corrected chi connectivity index (χ0v) is 13.9. The van der Waals surface area contributed by atoms with E-state index in [4.69, 9.17) is 9.47 Å². The average molecular weight is 297 g/mol. The van der Waals surface area contributed by atoms with Crippen LogP contribution in [0.3, 0.4) is 0 Å². The predicted molar refractivity (Wildman–Crippen MR) is 85.7 cm³/mol. The van der Waals surface area contributed by atoms with E-state index in [0.29, 0.717) is 30.3 Å². The van der Waals surface area contributed by atoms with Crippen LogP contribution >= 0.6 is 0 Å². The van der Waals surface area contributed by atoms with Crippen molar-refractivity contribution in [3.05, 3.63) is 0 Å². The molecule has 2 fully saturated rings. The van der Waals surface area contributed by atoms with Crippen LogP contribution in [0.15, 0.2) is 4.99 Å². The van der Waals surface area contributed by atoms with E-state index in [2.05, 4.69) is 36.4 Å². The van der Waals surface area contributed by atoms with Gasteiger partial charge in [-0.25, -0.2) is 0 Å². The van der Waals surface area contributed by atoms with Crippen molar-refractivity contribution in [3.63, 3.8) is 0 Å². The Balaban J connectivity index is 1.70. The Bertz CT molecular complexity index is 346. The van der Waals surface area contributed by atoms with Gasteiger partial charge in [0.05, 0.1) is 24.4 Å². The first-order valence-corrected chi connectivity index (χ1v) is 8.38. The Labute approximate surface area is 128 Å². The van der Waals surface area contributed by atoms with Crippen LogP contribution in [-0.4, -0.2) is 50.5 Å². The summed E-state index contributed by atoms with van der Waals surface area (Å²) >= 11 is 0. The molecule has 2 rings (SSSR count). The molecule has 2 bridgehead atoms. The first-order chi connectivity index (χ1) is 10.1. The maximum absolute atomic E-state index is 5.87. The van der Waals surface area contributed by atoms with E-state index >= 15 is 0 Å². The van der Waals surface area contributed by atoms with Crippen molar-refractivity contribution < 1.29 is 9.47 Å². The zero-order chi connectivity index (χ0) is 15.2. The van der Waals surface area contributed by atoms with Crippen molar-refractivity contribution in [2.24, 2.45) is 10.9 Å². The molecule has 0 aromatic rings. The number of hydrogen-bond acceptors (Lipinski definition) is 3. The van der Waals surface area contributed by atoms with E-state index in [-0.39, 0.29) is 0 Å². The second-order valence-corrected chi connectivity index (χ2v) is 6.39. The number of guanidine groups is 1. The number of nitrogens with one attached hydrogen (secondary N) is 2. The Hall–Kier alpha value is -0.810. The number of nitrogens with zero attached hydrogens (tertiary/aromatic N) is 1. The first kappa shape index (κ1) is 16.6. The third-order valence-electron chi connectivity index (χ3n) is 4.50. The molecular formula is C16H31N3O2. The lowest BCUT2D eigenvalue weighted by Gasteiger charge is -2.24. The highest BCUT2D eigenvalue weighted by atomic mass is 16.5. The number of hydrogen-bond donors (Lipinski definition) is 2. The van der Waals surface area contributed by atoms with E-state index in [1.807, 2.05) is 7.05 Å². The van der Waals surface area contributed by atoms with Crippen LogP contribution in [0.4, 0.5) is 0 Å². The molecule has 2 N–H and O–H groups in total. The lowest BCUT2D eigenvalue weighted by molar-refractivity contribution is 0.0258. The molecule has 0 aromatic carbocycles. The van der Waals surface area contributed by atoms with Gasteiger partial charge in [0, 0.05) is 20.2 Å². The fourth-order valence-corrected chi connectivity index (χ4v) is 3.32. The van der Waals surface area contributed by atoms with Crippen LogP contribution in [0.1, 0.15) is 46.5 Å². The number of aliphatic imine (C=N–C) groups is 1. The fourth-order valence-electron chi connectivity index (χ4n) is 3.32. The van der Waals surface area contributed by atoms with E-state index in [1.165, 1.54) is 12.8 Å². The molecule has 2 heterocycles. The van der Waals surface area contributed by atoms with Crippen LogP contribution in [0.25, 0.3) is 0 Å². The van der Waals surface area contributed by atoms with E-state index in [1.54, 1.807) is 0 Å². The maximum Gasteiger partial charge on any atom is 0.191 e. The standard InChI is InChI=1S/C16H31N3O2/c1-5-20-14(11(2)3)8-9-18-16(17-4)19-13-10-12-6-7-15(13)21-12/h11-15H,5-10H2,1-4H3,(H2,17,18,19). The van der Waals surface area contributed by atoms with Gasteiger partial charge in [-0.15, -0.1) is 0 Å². The lowest BCUT2D eigenvalue weighted by Crippen LogP contribution is -2.48. The molecule has 0 spiro atoms. The molecular weight excluding hydrogens is 266 g/mol. The summed E-state index contributed by atoms with van der Waals surface area (Å²) in [4.78, 5) is 4.32. The second kappa shape index (κ2) is 7.99. The highest BCUT2D eigenvalue weighted by Crippen LogP contribution is 2.34. The molecule has 2 saturated heterocycles. The molecule has 2 aliphatic rings. The number of ether oxygens (including phenoxy) is 2. The van der Waals surface area contributed by atoms with Crippen LogP contribution in [0.5, 0.6) is 0 Å². The number of rotatable bonds is 7. The smallest absolute Gasteiger partial charge is 0.191 e. The van der Waals surface area contributed by atoms with Crippen molar-refractivity contribution in [1.29, 1.82) is 0 Å². The van der Waals surface area contributed by atoms with Gasteiger partial charge >= 0.3 is 0 Å². The SMILES string of the molecule is CCOC(CCNC(=NC)NC1CC2CCC1O2)C(C)C. The molecule has 0 aromatic heterocycles. The van der Waals surface area contributed by atoms with E-state index < -0.39 is 0 Å². The van der Waals surface area contributed by atoms with Crippen LogP contribution < -0.4 is 10.6 Å². The fraction of sp³-hybridized carbons (Fsp3) is 0.938. The Morgan fingerprint density at radius 2 is 2.19 bits per heavy atom. The summed E-state index contributed by atoms with van der Waals surface area (Å²) in [5.74, 6) is 1.43. The molecule has 21 heavy (non-hydrogen) atoms. The summed E-state index contributed by atoms with van der Waals surface area (Å²) in [5.41, 5.74) is 0. The van der Waals surface area contributed by atoms with Gasteiger partial charge in [0.25, 0.3) is 0 Å². The predicted octanol–water partition coefficient (Wildman–Crippen LogP) is 1.92. The third kappa shape index (κ3) is 4.58. The van der Waals surface area contributed by atoms with Gasteiger partial charge in [0.1, 0.15) is 0 Å². The zero-order valence-electron chi connectivity index (χ0n) is 13.9. The third-order valence-corrected chi connectivity index (χ3v) is 4.50. The number of fused-ring (bicyclic) bond motifs is 2. The minimum absolute atomic E-state index is 0.312. The molecule has 0 saturated carbocycles. The topological polar surface area (TPSA) is 54.9 Å². The normalized spacial score (nSPS) is 30.0. The van der Waals surface area contributed by atoms with Gasteiger partial charge in [-0.3, -0.25) is 4.99 Å². The summed E-state index contributed by atoms with van der Waals surface area (Å²) in [7, 11) is 1.83. The average Bonchev–Trinajstić information content (AvgIpc) is 3.07. The second-order valence-electron chi connectivity index (χ2n) is 6.39. The van der Waals surface area contributed by atoms with Crippen LogP contribution in [0.2, 0.25) is 0 Å². The van der Waals surface area contributed by atoms with E-state index in [9.17, 15) is 0 Å². The highest BCUT2D eigenvalue weighted by molar-refractivity contribution is 5.80. The summed E-state index contributed by atoms with van der Waals surface area (Å²) in [5, 5.41) is 6.91. The van der Waals surface area contributed by atoms with Crippen molar-refractivity contribution in [1.82, 2.24) is 10.6 Å². The van der Waals surface area contributed by atoms with Gasteiger partial charge in [-0.2, -0.15) is 0 Å². The van der Waals surface area contributed by atoms with Gasteiger partial charge in [-0.1, -0.05) is 13.8 Å². The molecule has 0 amide bonds. The summed E-state index contributed by atoms with van der Waals surface area (Å²) in [6.45, 7) is 8.13. The Kier molecular flexibility index (Phi) is 6.30. The molecule has 2 aliphatic heterocycles. The van der Waals surface area contributed by atoms with Crippen molar-refractivity contribution in [2.45, 2.75) is 70.8 Å². The Morgan fingerprint density at radius 3 is 2.71 bits per heavy atom. The molecule has 5 heteroatoms. The van der Waals surface area contributed by atoms with Gasteiger partial charge < -0.3 is 20.1 Å². The molecule has 122 valence electrons. The van der Waals surface area contributed by atoms with Gasteiger partial charge in [0.15, 0.2) is 5.96 Å². The molecule has 4 unspecified atom stereocenters. The van der Waals surface area contributed by atoms with E-state index in [0.717, 1.165) is 32.0 Å². The first-order valence-electron chi connectivity index (χ1n) is 8.38. The minimum Gasteiger partial charge on any atom is -0.378 e. The van der Waals surface area contributed by atoms with Crippen molar-refractivity contribution in [3.8, 4) is 0 Å². The monoisotopic (exact) mass is 297 g/mol. The summed E-state index contributed by atoms with van der Waals surface area (Å²) in [6, 6.07) is 0.419. The molecule has 5 nitrogen and oxygen atoms in total.